The van der Waals surface area contributed by atoms with Crippen molar-refractivity contribution in [2.75, 3.05) is 0 Å². The summed E-state index contributed by atoms with van der Waals surface area (Å²) in [6.45, 7) is 8.33. The Morgan fingerprint density at radius 2 is 0.911 bits per heavy atom. The van der Waals surface area contributed by atoms with E-state index in [1.165, 1.54) is 0 Å². The van der Waals surface area contributed by atoms with Crippen LogP contribution in [0, 0.1) is 11.8 Å². The monoisotopic (exact) mass is 645 g/mol. The van der Waals surface area contributed by atoms with Crippen LogP contribution in [0.15, 0.2) is 118 Å². The first-order valence-electron chi connectivity index (χ1n) is 14.6. The summed E-state index contributed by atoms with van der Waals surface area (Å²) in [6.07, 6.45) is 0. The molecule has 0 spiro atoms. The molecule has 0 amide bonds. The fourth-order valence-electron chi connectivity index (χ4n) is 5.12. The van der Waals surface area contributed by atoms with Gasteiger partial charge in [-0.2, -0.15) is 0 Å². The molecule has 6 aromatic rings. The molecule has 2 aliphatic rings. The van der Waals surface area contributed by atoms with Gasteiger partial charge in [-0.05, 0) is 48.2 Å². The maximum Gasteiger partial charge on any atom is 2.00 e. The first-order valence-corrected chi connectivity index (χ1v) is 14.6. The van der Waals surface area contributed by atoms with Crippen LogP contribution in [-0.4, -0.2) is 9.97 Å². The first kappa shape index (κ1) is 30.1. The van der Waals surface area contributed by atoms with E-state index in [1.54, 1.807) is 0 Å². The second-order valence-corrected chi connectivity index (χ2v) is 11.1. The number of benzene rings is 4. The van der Waals surface area contributed by atoms with Crippen LogP contribution in [0.1, 0.15) is 39.5 Å². The number of hydrogen-bond donors (Lipinski definition) is 0. The summed E-state index contributed by atoms with van der Waals surface area (Å²) in [5.74, 6) is 4.19. The zero-order chi connectivity index (χ0) is 30.2. The average molecular weight is 646 g/mol. The Balaban J connectivity index is 0.000000155. The van der Waals surface area contributed by atoms with E-state index in [-0.39, 0.29) is 28.9 Å². The standard InChI is InChI=1S/2C18H15N2O2.Cu/c2*1-11(2)16(17-19-12-7-3-5-9-14(12)21-17)18-20-13-8-4-6-10-15(13)22-18;/h2*3-11H,1-2H3;/q2*-1;+2/b2*17-16+;. The third-order valence-electron chi connectivity index (χ3n) is 7.25. The van der Waals surface area contributed by atoms with Gasteiger partial charge in [0.1, 0.15) is 22.5 Å². The molecule has 9 heteroatoms. The van der Waals surface area contributed by atoms with E-state index in [4.69, 9.17) is 18.3 Å². The van der Waals surface area contributed by atoms with Gasteiger partial charge in [-0.15, -0.1) is 0 Å². The summed E-state index contributed by atoms with van der Waals surface area (Å²) in [4.78, 5) is 9.15. The minimum atomic E-state index is 0. The summed E-state index contributed by atoms with van der Waals surface area (Å²) >= 11 is 0. The maximum atomic E-state index is 5.89. The van der Waals surface area contributed by atoms with Crippen molar-refractivity contribution in [1.82, 2.24) is 9.97 Å². The predicted octanol–water partition coefficient (Wildman–Crippen LogP) is 10.5. The largest absolute Gasteiger partial charge is 2.00 e. The Kier molecular flexibility index (Phi) is 8.39. The molecule has 229 valence electrons. The smallest absolute Gasteiger partial charge is 0.624 e. The van der Waals surface area contributed by atoms with Crippen molar-refractivity contribution < 1.29 is 35.4 Å². The van der Waals surface area contributed by atoms with Gasteiger partial charge in [-0.25, -0.2) is 9.97 Å². The van der Waals surface area contributed by atoms with E-state index in [1.807, 2.05) is 97.1 Å². The van der Waals surface area contributed by atoms with Crippen LogP contribution in [0.2, 0.25) is 0 Å². The number of hydrogen-bond acceptors (Lipinski definition) is 6. The third-order valence-corrected chi connectivity index (χ3v) is 7.25. The molecule has 1 radical (unpaired) electrons. The molecule has 0 fully saturated rings. The Bertz CT molecular complexity index is 1790. The van der Waals surface area contributed by atoms with Crippen LogP contribution >= 0.6 is 0 Å². The molecule has 0 saturated carbocycles. The molecule has 4 heterocycles. The van der Waals surface area contributed by atoms with Crippen molar-refractivity contribution in [2.45, 2.75) is 27.7 Å². The van der Waals surface area contributed by atoms with Crippen LogP contribution in [-0.2, 0) is 17.1 Å². The van der Waals surface area contributed by atoms with E-state index in [9.17, 15) is 0 Å². The van der Waals surface area contributed by atoms with Crippen LogP contribution < -0.4 is 9.47 Å². The second kappa shape index (κ2) is 12.6. The molecule has 0 atom stereocenters. The van der Waals surface area contributed by atoms with Crippen molar-refractivity contribution in [3.8, 4) is 11.5 Å². The summed E-state index contributed by atoms with van der Waals surface area (Å²) in [6, 6.07) is 30.9. The van der Waals surface area contributed by atoms with Gasteiger partial charge in [0.25, 0.3) is 0 Å². The summed E-state index contributed by atoms with van der Waals surface area (Å²) in [7, 11) is 0. The quantitative estimate of drug-likeness (QED) is 0.177. The molecule has 8 rings (SSSR count). The van der Waals surface area contributed by atoms with Gasteiger partial charge < -0.3 is 28.9 Å². The second-order valence-electron chi connectivity index (χ2n) is 11.1. The van der Waals surface area contributed by atoms with E-state index in [0.717, 1.165) is 56.2 Å². The predicted molar refractivity (Wildman–Crippen MR) is 172 cm³/mol. The molecule has 0 N–H and O–H groups in total. The summed E-state index contributed by atoms with van der Waals surface area (Å²) in [5, 5.41) is 9.15. The van der Waals surface area contributed by atoms with Crippen molar-refractivity contribution in [3.63, 3.8) is 0 Å². The van der Waals surface area contributed by atoms with Gasteiger partial charge in [0, 0.05) is 22.9 Å². The molecule has 2 aromatic heterocycles. The molecular weight excluding hydrogens is 616 g/mol. The fraction of sp³-hybridized carbons (Fsp3) is 0.167. The molecule has 0 aliphatic carbocycles. The molecule has 0 unspecified atom stereocenters. The van der Waals surface area contributed by atoms with E-state index in [0.29, 0.717) is 23.5 Å². The Hall–Kier alpha value is -4.98. The average Bonchev–Trinajstić information content (AvgIpc) is 3.81. The molecule has 0 saturated heterocycles. The Labute approximate surface area is 271 Å². The fourth-order valence-corrected chi connectivity index (χ4v) is 5.12. The molecule has 0 bridgehead atoms. The van der Waals surface area contributed by atoms with Crippen LogP contribution in [0.25, 0.3) is 44.0 Å². The zero-order valence-corrected chi connectivity index (χ0v) is 26.1. The zero-order valence-electron chi connectivity index (χ0n) is 25.1. The van der Waals surface area contributed by atoms with Crippen LogP contribution in [0.4, 0.5) is 11.4 Å². The maximum absolute atomic E-state index is 5.89. The SMILES string of the molecule is CC(C)/C(=C1/[N-]c2ccccc2O1)c1nc2ccccc2o1.CC(C)/C(=C1/[N-]c2ccccc2O1)c1nc2ccccc2o1.[Cu+2]. The van der Waals surface area contributed by atoms with Gasteiger partial charge >= 0.3 is 17.1 Å². The van der Waals surface area contributed by atoms with Crippen LogP contribution in [0.3, 0.4) is 0 Å². The number of allylic oxidation sites excluding steroid dienone is 2. The van der Waals surface area contributed by atoms with Crippen molar-refractivity contribution in [3.05, 3.63) is 131 Å². The molecule has 4 aromatic carbocycles. The molecular formula is C36H30CuN4O4. The summed E-state index contributed by atoms with van der Waals surface area (Å²) < 4.78 is 23.6. The van der Waals surface area contributed by atoms with Crippen molar-refractivity contribution >= 4 is 44.7 Å². The normalized spacial score (nSPS) is 15.2. The van der Waals surface area contributed by atoms with Gasteiger partial charge in [0.15, 0.2) is 11.2 Å². The van der Waals surface area contributed by atoms with Crippen LogP contribution in [0.5, 0.6) is 11.5 Å². The number of aromatic nitrogens is 2. The number of rotatable bonds is 4. The van der Waals surface area contributed by atoms with Gasteiger partial charge in [-0.1, -0.05) is 99.7 Å². The van der Waals surface area contributed by atoms with Crippen molar-refractivity contribution in [1.29, 1.82) is 0 Å². The Morgan fingerprint density at radius 1 is 0.533 bits per heavy atom. The minimum Gasteiger partial charge on any atom is -0.624 e. The van der Waals surface area contributed by atoms with E-state index >= 15 is 0 Å². The number of ether oxygens (including phenoxy) is 2. The third kappa shape index (κ3) is 5.92. The molecule has 45 heavy (non-hydrogen) atoms. The first-order chi connectivity index (χ1) is 21.4. The number of fused-ring (bicyclic) bond motifs is 4. The molecule has 2 aliphatic heterocycles. The van der Waals surface area contributed by atoms with E-state index < -0.39 is 0 Å². The molecule has 8 nitrogen and oxygen atoms in total. The number of oxazole rings is 2. The number of nitrogens with zero attached hydrogens (tertiary/aromatic N) is 4. The Morgan fingerprint density at radius 3 is 1.29 bits per heavy atom. The van der Waals surface area contributed by atoms with Crippen molar-refractivity contribution in [2.24, 2.45) is 11.8 Å². The minimum absolute atomic E-state index is 0. The van der Waals surface area contributed by atoms with Gasteiger partial charge in [0.2, 0.25) is 11.8 Å². The summed E-state index contributed by atoms with van der Waals surface area (Å²) in [5.41, 5.74) is 6.66. The topological polar surface area (TPSA) is 98.7 Å². The van der Waals surface area contributed by atoms with Gasteiger partial charge in [0.05, 0.1) is 0 Å². The van der Waals surface area contributed by atoms with Gasteiger partial charge in [-0.3, -0.25) is 0 Å². The number of para-hydroxylation sites is 8. The van der Waals surface area contributed by atoms with E-state index in [2.05, 4.69) is 48.3 Å².